The minimum Gasteiger partial charge on any atom is -0.497 e. The molecule has 1 fully saturated rings. The summed E-state index contributed by atoms with van der Waals surface area (Å²) in [7, 11) is 0.519. The number of nitrogens with zero attached hydrogens (tertiary/aromatic N) is 5. The molecule has 1 amide bonds. The van der Waals surface area contributed by atoms with E-state index in [2.05, 4.69) is 20.4 Å². The molecule has 1 aliphatic heterocycles. The second kappa shape index (κ2) is 15.5. The quantitative estimate of drug-likeness (QED) is 0.129. The van der Waals surface area contributed by atoms with Gasteiger partial charge in [0.1, 0.15) is 41.9 Å². The van der Waals surface area contributed by atoms with Crippen LogP contribution in [0.1, 0.15) is 22.9 Å². The number of rotatable bonds is 13. The molecular weight excluding hydrogens is 726 g/mol. The Kier molecular flexibility index (Phi) is 11.0. The summed E-state index contributed by atoms with van der Waals surface area (Å²) in [4.78, 5) is 34.0. The standard InChI is InChI=1S/C37H39F3N6O7Si/c1-49-27-15-11-25(12-16-27)36(24-9-7-6-8-10-24,26-13-17-28(50-2)18-14-26)51-21-29-32(53-54(3,4)5)31(44-34(47)37(38,39)40)33(52-29)45-20-19-30(43-35(45)48)46-23-41-22-42-46/h6-20,22-23,29,31-33H,21H2,1-5H3,(H,44,47)/t29-,31-,32-,33-/m1/s1. The molecule has 3 aromatic carbocycles. The minimum atomic E-state index is -5.24. The lowest BCUT2D eigenvalue weighted by Gasteiger charge is -2.38. The number of carbonyl (C=O) groups is 1. The Hall–Kier alpha value is -5.36. The number of ether oxygens (including phenoxy) is 4. The average molecular weight is 765 g/mol. The zero-order valence-electron chi connectivity index (χ0n) is 30.1. The van der Waals surface area contributed by atoms with Crippen LogP contribution in [0.15, 0.2) is 109 Å². The van der Waals surface area contributed by atoms with Gasteiger partial charge in [-0.15, -0.1) is 0 Å². The van der Waals surface area contributed by atoms with Gasteiger partial charge in [-0.1, -0.05) is 54.6 Å². The van der Waals surface area contributed by atoms with Gasteiger partial charge in [0.15, 0.2) is 20.4 Å². The van der Waals surface area contributed by atoms with Gasteiger partial charge in [-0.05, 0) is 66.7 Å². The number of aromatic nitrogens is 5. The molecule has 5 aromatic rings. The molecule has 1 N–H and O–H groups in total. The molecule has 0 radical (unpaired) electrons. The number of amides is 1. The molecule has 0 unspecified atom stereocenters. The Balaban J connectivity index is 1.47. The van der Waals surface area contributed by atoms with E-state index in [0.29, 0.717) is 22.6 Å². The summed E-state index contributed by atoms with van der Waals surface area (Å²) < 4.78 is 74.7. The molecule has 0 bridgehead atoms. The van der Waals surface area contributed by atoms with Crippen molar-refractivity contribution in [1.82, 2.24) is 29.6 Å². The monoisotopic (exact) mass is 764 g/mol. The van der Waals surface area contributed by atoms with Crippen molar-refractivity contribution >= 4 is 14.2 Å². The van der Waals surface area contributed by atoms with Crippen LogP contribution in [-0.2, 0) is 24.3 Å². The summed E-state index contributed by atoms with van der Waals surface area (Å²) in [5.74, 6) is -0.887. The Bertz CT molecular complexity index is 2030. The first-order valence-corrected chi connectivity index (χ1v) is 20.3. The lowest BCUT2D eigenvalue weighted by Crippen LogP contribution is -2.54. The molecule has 17 heteroatoms. The van der Waals surface area contributed by atoms with Crippen LogP contribution in [0, 0.1) is 0 Å². The highest BCUT2D eigenvalue weighted by Gasteiger charge is 2.53. The van der Waals surface area contributed by atoms with Crippen molar-refractivity contribution in [2.75, 3.05) is 20.8 Å². The Labute approximate surface area is 309 Å². The number of hydrogen-bond donors (Lipinski definition) is 1. The van der Waals surface area contributed by atoms with E-state index in [1.807, 2.05) is 74.2 Å². The van der Waals surface area contributed by atoms with Crippen LogP contribution in [0.5, 0.6) is 11.5 Å². The predicted octanol–water partition coefficient (Wildman–Crippen LogP) is 5.01. The van der Waals surface area contributed by atoms with Crippen LogP contribution in [0.4, 0.5) is 13.2 Å². The topological polar surface area (TPSA) is 141 Å². The molecular formula is C37H39F3N6O7Si. The second-order valence-electron chi connectivity index (χ2n) is 13.4. The number of methoxy groups -OCH3 is 2. The molecule has 4 atom stereocenters. The van der Waals surface area contributed by atoms with Gasteiger partial charge in [0.05, 0.1) is 26.9 Å². The average Bonchev–Trinajstić information content (AvgIpc) is 3.81. The summed E-state index contributed by atoms with van der Waals surface area (Å²) in [6, 6.07) is 24.0. The van der Waals surface area contributed by atoms with Gasteiger partial charge in [0.25, 0.3) is 0 Å². The number of benzene rings is 3. The van der Waals surface area contributed by atoms with Gasteiger partial charge in [0.2, 0.25) is 0 Å². The van der Waals surface area contributed by atoms with E-state index >= 15 is 0 Å². The molecule has 1 saturated heterocycles. The lowest BCUT2D eigenvalue weighted by molar-refractivity contribution is -0.175. The largest absolute Gasteiger partial charge is 0.497 e. The fourth-order valence-electron chi connectivity index (χ4n) is 6.38. The van der Waals surface area contributed by atoms with Crippen molar-refractivity contribution in [2.45, 2.75) is 55.9 Å². The Morgan fingerprint density at radius 2 is 1.48 bits per heavy atom. The molecule has 6 rings (SSSR count). The normalized spacial score (nSPS) is 19.0. The first-order chi connectivity index (χ1) is 25.7. The van der Waals surface area contributed by atoms with Gasteiger partial charge in [0, 0.05) is 6.20 Å². The highest BCUT2D eigenvalue weighted by molar-refractivity contribution is 6.69. The molecule has 0 aliphatic carbocycles. The third-order valence-electron chi connectivity index (χ3n) is 8.77. The highest BCUT2D eigenvalue weighted by Crippen LogP contribution is 2.43. The Morgan fingerprint density at radius 1 is 0.889 bits per heavy atom. The number of halogens is 3. The number of alkyl halides is 3. The number of nitrogens with one attached hydrogen (secondary N) is 1. The second-order valence-corrected chi connectivity index (χ2v) is 17.8. The van der Waals surface area contributed by atoms with Crippen LogP contribution >= 0.6 is 0 Å². The smallest absolute Gasteiger partial charge is 0.471 e. The maximum absolute atomic E-state index is 13.8. The van der Waals surface area contributed by atoms with E-state index in [1.165, 1.54) is 29.6 Å². The molecule has 3 heterocycles. The lowest BCUT2D eigenvalue weighted by atomic mass is 9.80. The summed E-state index contributed by atoms with van der Waals surface area (Å²) in [6.45, 7) is 5.29. The van der Waals surface area contributed by atoms with Gasteiger partial charge >= 0.3 is 17.8 Å². The van der Waals surface area contributed by atoms with Crippen molar-refractivity contribution < 1.29 is 41.3 Å². The maximum Gasteiger partial charge on any atom is 0.471 e. The third-order valence-corrected chi connectivity index (χ3v) is 9.75. The van der Waals surface area contributed by atoms with Crippen LogP contribution in [0.2, 0.25) is 19.6 Å². The van der Waals surface area contributed by atoms with E-state index in [-0.39, 0.29) is 12.4 Å². The zero-order chi connectivity index (χ0) is 38.7. The predicted molar refractivity (Wildman–Crippen MR) is 192 cm³/mol. The molecule has 54 heavy (non-hydrogen) atoms. The van der Waals surface area contributed by atoms with E-state index < -0.39 is 56.2 Å². The van der Waals surface area contributed by atoms with Crippen molar-refractivity contribution in [3.8, 4) is 17.3 Å². The van der Waals surface area contributed by atoms with Crippen molar-refractivity contribution in [1.29, 1.82) is 0 Å². The summed E-state index contributed by atoms with van der Waals surface area (Å²) in [5, 5.41) is 6.04. The van der Waals surface area contributed by atoms with E-state index in [0.717, 1.165) is 10.1 Å². The van der Waals surface area contributed by atoms with Crippen LogP contribution in [-0.4, -0.2) is 83.8 Å². The number of hydrogen-bond acceptors (Lipinski definition) is 10. The fraction of sp³-hybridized carbons (Fsp3) is 0.324. The maximum atomic E-state index is 13.8. The molecule has 284 valence electrons. The van der Waals surface area contributed by atoms with Crippen LogP contribution in [0.25, 0.3) is 5.82 Å². The van der Waals surface area contributed by atoms with Crippen molar-refractivity contribution in [3.05, 3.63) is 131 Å². The van der Waals surface area contributed by atoms with Gasteiger partial charge in [-0.25, -0.2) is 14.5 Å². The van der Waals surface area contributed by atoms with Gasteiger partial charge in [-0.3, -0.25) is 9.36 Å². The molecule has 2 aromatic heterocycles. The van der Waals surface area contributed by atoms with E-state index in [4.69, 9.17) is 23.4 Å². The van der Waals surface area contributed by atoms with E-state index in [1.54, 1.807) is 38.5 Å². The fourth-order valence-corrected chi connectivity index (χ4v) is 7.50. The third kappa shape index (κ3) is 8.08. The van der Waals surface area contributed by atoms with Crippen LogP contribution in [0.3, 0.4) is 0 Å². The Morgan fingerprint density at radius 3 is 1.98 bits per heavy atom. The summed E-state index contributed by atoms with van der Waals surface area (Å²) in [5.41, 5.74) is -0.0786. The SMILES string of the molecule is COc1ccc(C(OC[C@H]2O[C@@H](n3ccc(-n4cncn4)nc3=O)[C@H](NC(=O)C(F)(F)F)[C@@H]2O[Si](C)(C)C)(c2ccccc2)c2ccc(OC)cc2)cc1. The first kappa shape index (κ1) is 38.4. The minimum absolute atomic E-state index is 0.115. The molecule has 0 saturated carbocycles. The first-order valence-electron chi connectivity index (χ1n) is 16.9. The van der Waals surface area contributed by atoms with Crippen molar-refractivity contribution in [3.63, 3.8) is 0 Å². The number of carbonyl (C=O) groups excluding carboxylic acids is 1. The van der Waals surface area contributed by atoms with Crippen molar-refractivity contribution in [2.24, 2.45) is 0 Å². The van der Waals surface area contributed by atoms with Crippen LogP contribution < -0.4 is 20.5 Å². The molecule has 1 aliphatic rings. The highest BCUT2D eigenvalue weighted by atomic mass is 28.4. The zero-order valence-corrected chi connectivity index (χ0v) is 31.1. The molecule has 0 spiro atoms. The van der Waals surface area contributed by atoms with Gasteiger partial charge in [-0.2, -0.15) is 23.3 Å². The summed E-state index contributed by atoms with van der Waals surface area (Å²) in [6.07, 6.45) is -5.14. The van der Waals surface area contributed by atoms with E-state index in [9.17, 15) is 22.8 Å². The molecule has 13 nitrogen and oxygen atoms in total. The van der Waals surface area contributed by atoms with Gasteiger partial charge < -0.3 is 28.7 Å². The summed E-state index contributed by atoms with van der Waals surface area (Å²) >= 11 is 0.